The number of rotatable bonds is 21. The third kappa shape index (κ3) is 19.5. The van der Waals surface area contributed by atoms with Gasteiger partial charge in [-0.1, -0.05) is 110 Å². The Bertz CT molecular complexity index is 6260. The highest BCUT2D eigenvalue weighted by atomic mass is 35.5. The predicted molar refractivity (Wildman–Crippen MR) is 439 cm³/mol. The zero-order valence-electron chi connectivity index (χ0n) is 62.2. The lowest BCUT2D eigenvalue weighted by Crippen LogP contribution is -2.16. The molecule has 12 heterocycles. The van der Waals surface area contributed by atoms with Crippen molar-refractivity contribution in [2.24, 2.45) is 0 Å². The lowest BCUT2D eigenvalue weighted by atomic mass is 10.0. The van der Waals surface area contributed by atoms with E-state index in [0.29, 0.717) is 105 Å². The van der Waals surface area contributed by atoms with Gasteiger partial charge in [-0.2, -0.15) is 50.5 Å². The van der Waals surface area contributed by atoms with E-state index in [1.54, 1.807) is 46.3 Å². The minimum absolute atomic E-state index is 0.268. The number of hydrogen-bond acceptors (Lipinski definition) is 36. The number of nitrogens with zero attached hydrogens (tertiary/aromatic N) is 27. The lowest BCUT2D eigenvalue weighted by Gasteiger charge is -2.18. The summed E-state index contributed by atoms with van der Waals surface area (Å²) < 4.78 is 18.5. The fourth-order valence-corrected chi connectivity index (χ4v) is 12.3. The number of fused-ring (bicyclic) bond motifs is 3. The maximum atomic E-state index is 8.77. The third-order valence-electron chi connectivity index (χ3n) is 16.4. The highest BCUT2D eigenvalue weighted by molar-refractivity contribution is 7.16. The molecule has 0 aliphatic heterocycles. The van der Waals surface area contributed by atoms with Crippen LogP contribution in [0.1, 0.15) is 35.4 Å². The number of hydrogen-bond donors (Lipinski definition) is 7. The van der Waals surface area contributed by atoms with Crippen LogP contribution < -0.4 is 45.9 Å². The molecule has 12 aromatic heterocycles. The van der Waals surface area contributed by atoms with Crippen LogP contribution in [-0.4, -0.2) is 159 Å². The summed E-state index contributed by atoms with van der Waals surface area (Å²) >= 11 is 9.27. The molecule has 0 radical (unpaired) electrons. The van der Waals surface area contributed by atoms with Crippen molar-refractivity contribution in [1.29, 1.82) is 5.26 Å². The first-order valence-electron chi connectivity index (χ1n) is 35.0. The topological polar surface area (TPSA) is 454 Å². The number of benzene rings is 6. The summed E-state index contributed by atoms with van der Waals surface area (Å²) in [5, 5.41) is 75.0. The number of anilines is 14. The molecule has 0 amide bonds. The second-order valence-electron chi connectivity index (χ2n) is 24.0. The van der Waals surface area contributed by atoms with E-state index in [0.717, 1.165) is 71.9 Å². The fourth-order valence-electron chi connectivity index (χ4n) is 10.8. The second kappa shape index (κ2) is 37.3. The molecule has 0 aliphatic rings. The number of pyridine rings is 1. The van der Waals surface area contributed by atoms with Crippen LogP contribution in [0.3, 0.4) is 0 Å². The molecule has 37 nitrogen and oxygen atoms in total. The van der Waals surface area contributed by atoms with Crippen LogP contribution in [0.4, 0.5) is 81.5 Å². The zero-order valence-corrected chi connectivity index (χ0v) is 64.6. The summed E-state index contributed by atoms with van der Waals surface area (Å²) in [6.45, 7) is 3.87. The molecule has 0 saturated heterocycles. The first-order chi connectivity index (χ1) is 56.9. The van der Waals surface area contributed by atoms with Gasteiger partial charge in [0.05, 0.1) is 76.4 Å². The van der Waals surface area contributed by atoms with Gasteiger partial charge in [0.1, 0.15) is 30.4 Å². The minimum Gasteiger partial charge on any atom is -0.477 e. The molecule has 6 aromatic carbocycles. The monoisotopic (exact) mass is 1600 g/mol. The number of nitrogens with one attached hydrogen (secondary N) is 7. The molecule has 0 bridgehead atoms. The maximum Gasteiger partial charge on any atom is 0.300 e. The van der Waals surface area contributed by atoms with Gasteiger partial charge in [-0.05, 0) is 90.0 Å². The van der Waals surface area contributed by atoms with Gasteiger partial charge in [-0.15, -0.1) is 58.4 Å². The van der Waals surface area contributed by atoms with Gasteiger partial charge in [0.15, 0.2) is 45.9 Å². The Hall–Kier alpha value is -15.7. The number of aryl methyl sites for hydroxylation is 2. The van der Waals surface area contributed by atoms with Crippen LogP contribution in [-0.2, 0) is 12.8 Å². The first kappa shape index (κ1) is 77.1. The molecular weight excluding hydrogens is 1540 g/mol. The molecule has 7 N–H and O–H groups in total. The molecule has 0 spiro atoms. The number of methoxy groups -OCH3 is 2. The number of ether oxygens (including phenoxy) is 2. The largest absolute Gasteiger partial charge is 0.477 e. The van der Waals surface area contributed by atoms with E-state index in [1.807, 2.05) is 194 Å². The van der Waals surface area contributed by atoms with Crippen molar-refractivity contribution < 1.29 is 13.9 Å². The van der Waals surface area contributed by atoms with Crippen LogP contribution >= 0.6 is 34.3 Å². The fraction of sp³-hybridized carbons (Fsp3) is 0.105. The van der Waals surface area contributed by atoms with Gasteiger partial charge < -0.3 is 39.6 Å². The molecule has 116 heavy (non-hydrogen) atoms. The smallest absolute Gasteiger partial charge is 0.300 e. The van der Waals surface area contributed by atoms with E-state index in [1.165, 1.54) is 56.9 Å². The van der Waals surface area contributed by atoms with E-state index in [4.69, 9.17) is 30.8 Å². The van der Waals surface area contributed by atoms with Gasteiger partial charge in [-0.25, -0.2) is 45.1 Å². The Kier molecular flexibility index (Phi) is 24.8. The number of halogens is 1. The van der Waals surface area contributed by atoms with Crippen molar-refractivity contribution in [3.05, 3.63) is 252 Å². The number of thiazole rings is 2. The van der Waals surface area contributed by atoms with Crippen LogP contribution in [0.2, 0.25) is 5.02 Å². The molecule has 0 fully saturated rings. The minimum atomic E-state index is 0.268. The molecular formula is C76H65ClN34O3S2. The van der Waals surface area contributed by atoms with Crippen molar-refractivity contribution in [1.82, 2.24) is 130 Å². The van der Waals surface area contributed by atoms with E-state index < -0.39 is 0 Å². The summed E-state index contributed by atoms with van der Waals surface area (Å²) in [6.07, 6.45) is 14.0. The highest BCUT2D eigenvalue weighted by Gasteiger charge is 2.20. The maximum absolute atomic E-state index is 8.77. The summed E-state index contributed by atoms with van der Waals surface area (Å²) in [5.41, 5.74) is 9.64. The van der Waals surface area contributed by atoms with Crippen molar-refractivity contribution in [2.75, 3.05) is 64.7 Å². The van der Waals surface area contributed by atoms with Crippen LogP contribution in [0.15, 0.2) is 223 Å². The average Bonchev–Trinajstić information content (AvgIpc) is 1.60. The molecule has 0 aliphatic carbocycles. The number of H-pyrrole nitrogens is 2. The van der Waals surface area contributed by atoms with Gasteiger partial charge in [0.2, 0.25) is 29.7 Å². The van der Waals surface area contributed by atoms with Gasteiger partial charge in [0, 0.05) is 61.5 Å². The Morgan fingerprint density at radius 2 is 1.34 bits per heavy atom. The number of aromatic amines is 2. The number of imidazole rings is 1. The van der Waals surface area contributed by atoms with Crippen molar-refractivity contribution >= 4 is 142 Å². The summed E-state index contributed by atoms with van der Waals surface area (Å²) in [4.78, 5) is 60.0. The van der Waals surface area contributed by atoms with E-state index in [2.05, 4.69) is 159 Å². The molecule has 0 atom stereocenters. The van der Waals surface area contributed by atoms with Crippen LogP contribution in [0.25, 0.3) is 49.3 Å². The summed E-state index contributed by atoms with van der Waals surface area (Å²) in [5.74, 6) is 7.82. The first-order valence-corrected chi connectivity index (χ1v) is 37.1. The SMILES string of the molecule is CCc1nc(Nc2ncc3ccccn23)nc(N(C)c2ccccc2)n1.COc1nnc(-c2ccc3ncsc3c2)nc1Nc1ncn[nH]1.COc1nnc(-c2cccc3ccccc23)nc1Nc1ncn[nH]1.Cc1nnc(N(C)c2ccccc2Cl)nc1Nc1nccs1.N#Cc1ccc(Cc2nncc(Nc3ncco3)n2)cc1. The van der Waals surface area contributed by atoms with Crippen LogP contribution in [0.5, 0.6) is 11.8 Å². The Labute approximate surface area is 672 Å². The Morgan fingerprint density at radius 3 is 2.07 bits per heavy atom. The number of para-hydroxylation sites is 2. The predicted octanol–water partition coefficient (Wildman–Crippen LogP) is 14.0. The molecule has 18 rings (SSSR count). The van der Waals surface area contributed by atoms with Crippen molar-refractivity contribution in [3.8, 4) is 40.6 Å². The quantitative estimate of drug-likeness (QED) is 0.0351. The number of oxazole rings is 1. The van der Waals surface area contributed by atoms with Crippen molar-refractivity contribution in [3.63, 3.8) is 0 Å². The molecule has 0 saturated carbocycles. The van der Waals surface area contributed by atoms with Crippen molar-refractivity contribution in [2.45, 2.75) is 26.7 Å². The van der Waals surface area contributed by atoms with Gasteiger partial charge in [0.25, 0.3) is 23.7 Å². The molecule has 18 aromatic rings. The molecule has 576 valence electrons. The highest BCUT2D eigenvalue weighted by Crippen LogP contribution is 2.33. The summed E-state index contributed by atoms with van der Waals surface area (Å²) in [7, 11) is 6.80. The number of aromatic nitrogens is 26. The van der Waals surface area contributed by atoms with E-state index in [-0.39, 0.29) is 11.8 Å². The van der Waals surface area contributed by atoms with Gasteiger partial charge >= 0.3 is 0 Å². The average molecular weight is 1600 g/mol. The van der Waals surface area contributed by atoms with E-state index in [9.17, 15) is 0 Å². The standard InChI is InChI=1S/C19H19N7.C16H13N7O.C14H13ClN6S.C14H10N6O.C13H10N8OS/c1-3-16-21-17(23-18-20-13-15-11-7-8-12-26(15)18)24-19(22-16)25(2)14-9-5-4-6-10-14;1-24-15-14(20-16-17-9-18-23-16)19-13(21-22-15)12-8-4-6-10-5-2-3-7-11(10)12;1-9-12(18-14-16-7-8-22-14)17-13(20-19-9)21(2)11-6-4-3-5-10(11)15;15-8-11-3-1-10(2-4-11)7-12-18-13(9-17-20-12)19-14-16-5-6-21-14;1-22-12-11(18-13-14-5-16-21-13)17-10(19-20-12)7-2-3-8-9(4-7)23-6-15-8/h4-13H,3H2,1-2H3,(H,20,21,22,23,24);2-9H,1H3,(H2,17,18,19,20,21,23);3-8H,1-2H3,(H,16,17,18,20);1-6,9H,7H2,(H,16,18,19,20);2-6H,1H3,(H2,14,16,17,18,19,21). The number of nitriles is 1. The van der Waals surface area contributed by atoms with Gasteiger partial charge in [-0.3, -0.25) is 15.0 Å². The molecule has 0 unspecified atom stereocenters. The van der Waals surface area contributed by atoms with Crippen LogP contribution in [0, 0.1) is 18.3 Å². The Balaban J connectivity index is 0.000000120. The van der Waals surface area contributed by atoms with E-state index >= 15 is 0 Å². The normalized spacial score (nSPS) is 10.6. The Morgan fingerprint density at radius 1 is 0.603 bits per heavy atom. The lowest BCUT2D eigenvalue weighted by molar-refractivity contribution is 0.392. The molecule has 40 heteroatoms. The second-order valence-corrected chi connectivity index (χ2v) is 26.2. The third-order valence-corrected chi connectivity index (χ3v) is 18.2. The summed E-state index contributed by atoms with van der Waals surface area (Å²) in [6, 6.07) is 53.0. The zero-order chi connectivity index (χ0) is 80.0.